The fourth-order valence-electron chi connectivity index (χ4n) is 0.205. The maximum atomic E-state index is 7.00. The monoisotopic (exact) mass is 216 g/mol. The Bertz CT molecular complexity index is 129. The van der Waals surface area contributed by atoms with Crippen LogP contribution in [-0.4, -0.2) is 68.2 Å². The van der Waals surface area contributed by atoms with Gasteiger partial charge < -0.3 is 30.1 Å². The van der Waals surface area contributed by atoms with Gasteiger partial charge in [-0.05, 0) is 0 Å². The summed E-state index contributed by atoms with van der Waals surface area (Å²) in [6.07, 6.45) is 4.31. The van der Waals surface area contributed by atoms with Crippen LogP contribution in [0.5, 0.6) is 0 Å². The van der Waals surface area contributed by atoms with Gasteiger partial charge in [-0.3, -0.25) is 0 Å². The summed E-state index contributed by atoms with van der Waals surface area (Å²) in [4.78, 5) is 10.7. The molecule has 1 aromatic rings. The Morgan fingerprint density at radius 1 is 0.533 bits per heavy atom. The zero-order valence-corrected chi connectivity index (χ0v) is 7.49. The Hall–Kier alpha value is -1.04. The molecular formula is C3H9B3N3O6. The lowest BCUT2D eigenvalue weighted by Gasteiger charge is -1.69. The highest BCUT2D eigenvalue weighted by Gasteiger charge is 1.59. The molecule has 12 heteroatoms. The van der Waals surface area contributed by atoms with E-state index in [4.69, 9.17) is 30.1 Å². The molecule has 1 rings (SSSR count). The predicted octanol–water partition coefficient (Wildman–Crippen LogP) is -4.61. The lowest BCUT2D eigenvalue weighted by Crippen LogP contribution is -1.75. The average molecular weight is 216 g/mol. The van der Waals surface area contributed by atoms with Crippen molar-refractivity contribution in [3.63, 3.8) is 0 Å². The molecule has 1 heterocycles. The van der Waals surface area contributed by atoms with Crippen LogP contribution in [-0.2, 0) is 0 Å². The minimum atomic E-state index is 0. The Labute approximate surface area is 88.0 Å². The Morgan fingerprint density at radius 3 is 0.733 bits per heavy atom. The number of aromatic nitrogens is 3. The Kier molecular flexibility index (Phi) is 38.1. The highest BCUT2D eigenvalue weighted by Crippen LogP contribution is 1.57. The summed E-state index contributed by atoms with van der Waals surface area (Å²) in [6.45, 7) is 0. The highest BCUT2D eigenvalue weighted by molar-refractivity contribution is 6.13. The molecule has 0 saturated heterocycles. The first-order valence-electron chi connectivity index (χ1n) is 3.10. The van der Waals surface area contributed by atoms with Gasteiger partial charge in [0.25, 0.3) is 0 Å². The van der Waals surface area contributed by atoms with E-state index in [1.165, 1.54) is 19.0 Å². The van der Waals surface area contributed by atoms with E-state index in [1.807, 2.05) is 0 Å². The van der Waals surface area contributed by atoms with Gasteiger partial charge >= 0.3 is 23.1 Å². The molecule has 3 radical (unpaired) electrons. The van der Waals surface area contributed by atoms with Crippen molar-refractivity contribution in [1.29, 1.82) is 0 Å². The van der Waals surface area contributed by atoms with Crippen LogP contribution >= 0.6 is 0 Å². The van der Waals surface area contributed by atoms with Gasteiger partial charge in [-0.15, -0.1) is 0 Å². The van der Waals surface area contributed by atoms with E-state index in [1.54, 1.807) is 0 Å². The third kappa shape index (κ3) is 63.2. The quantitative estimate of drug-likeness (QED) is 0.234. The first kappa shape index (κ1) is 19.5. The molecule has 0 saturated carbocycles. The number of rotatable bonds is 0. The molecule has 0 aliphatic rings. The second-order valence-corrected chi connectivity index (χ2v) is 1.14. The topological polar surface area (TPSA) is 160 Å². The average Bonchev–Trinajstić information content (AvgIpc) is 2.24. The summed E-state index contributed by atoms with van der Waals surface area (Å²) in [7, 11) is 0. The van der Waals surface area contributed by atoms with Crippen molar-refractivity contribution < 1.29 is 30.1 Å². The summed E-state index contributed by atoms with van der Waals surface area (Å²) in [5.41, 5.74) is 0. The van der Waals surface area contributed by atoms with Gasteiger partial charge in [-0.2, -0.15) is 0 Å². The number of hydrogen-bond donors (Lipinski definition) is 6. The molecule has 0 spiro atoms. The number of hydrogen-bond acceptors (Lipinski definition) is 9. The van der Waals surface area contributed by atoms with Crippen molar-refractivity contribution in [2.24, 2.45) is 0 Å². The second-order valence-electron chi connectivity index (χ2n) is 1.14. The fraction of sp³-hybridized carbons (Fsp3) is 0. The molecule has 81 valence electrons. The fourth-order valence-corrected chi connectivity index (χ4v) is 0.205. The van der Waals surface area contributed by atoms with Gasteiger partial charge in [0, 0.05) is 0 Å². The zero-order chi connectivity index (χ0) is 12.4. The van der Waals surface area contributed by atoms with E-state index in [0.717, 1.165) is 0 Å². The van der Waals surface area contributed by atoms with Crippen LogP contribution in [0.4, 0.5) is 0 Å². The maximum absolute atomic E-state index is 7.00. The molecule has 0 unspecified atom stereocenters. The largest absolute Gasteiger partial charge is 0.482 e. The Morgan fingerprint density at radius 2 is 0.667 bits per heavy atom. The van der Waals surface area contributed by atoms with Crippen LogP contribution in [0.15, 0.2) is 19.0 Å². The summed E-state index contributed by atoms with van der Waals surface area (Å²) in [5.74, 6) is 0. The molecule has 0 aliphatic heterocycles. The molecule has 0 amide bonds. The lowest BCUT2D eigenvalue weighted by molar-refractivity contribution is 0.447. The molecule has 0 fully saturated rings. The maximum Gasteiger partial charge on any atom is 0.482 e. The first-order chi connectivity index (χ1) is 7.24. The zero-order valence-electron chi connectivity index (χ0n) is 7.49. The van der Waals surface area contributed by atoms with Crippen molar-refractivity contribution in [2.45, 2.75) is 0 Å². The standard InChI is InChI=1S/C3H3N3.3BH2O2/c1-4-2-6-3-5-1;3*2-1-3/h1-3H;3*2-3H. The van der Waals surface area contributed by atoms with Gasteiger partial charge in [-0.25, -0.2) is 15.0 Å². The third-order valence-corrected chi connectivity index (χ3v) is 0.400. The minimum Gasteiger partial charge on any atom is -0.429 e. The molecule has 6 N–H and O–H groups in total. The van der Waals surface area contributed by atoms with Crippen LogP contribution in [0.25, 0.3) is 0 Å². The molecular weight excluding hydrogens is 206 g/mol. The lowest BCUT2D eigenvalue weighted by atomic mass is 10.5. The van der Waals surface area contributed by atoms with Crippen LogP contribution in [0.1, 0.15) is 0 Å². The molecule has 0 bridgehead atoms. The van der Waals surface area contributed by atoms with Crippen molar-refractivity contribution >= 4 is 23.1 Å². The van der Waals surface area contributed by atoms with E-state index in [0.29, 0.717) is 0 Å². The van der Waals surface area contributed by atoms with Gasteiger partial charge in [0.1, 0.15) is 19.0 Å². The second kappa shape index (κ2) is 29.3. The Balaban J connectivity index is -0.000000140. The van der Waals surface area contributed by atoms with E-state index in [-0.39, 0.29) is 23.1 Å². The molecule has 1 aromatic heterocycles. The predicted molar refractivity (Wildman–Crippen MR) is 50.4 cm³/mol. The number of nitrogens with zero attached hydrogens (tertiary/aromatic N) is 3. The molecule has 0 aliphatic carbocycles. The van der Waals surface area contributed by atoms with E-state index in [2.05, 4.69) is 15.0 Å². The minimum absolute atomic E-state index is 0. The van der Waals surface area contributed by atoms with Gasteiger partial charge in [0.2, 0.25) is 0 Å². The molecule has 0 aromatic carbocycles. The molecule has 15 heavy (non-hydrogen) atoms. The van der Waals surface area contributed by atoms with Gasteiger partial charge in [0.15, 0.2) is 0 Å². The van der Waals surface area contributed by atoms with E-state index < -0.39 is 0 Å². The van der Waals surface area contributed by atoms with Gasteiger partial charge in [0.05, 0.1) is 0 Å². The summed E-state index contributed by atoms with van der Waals surface area (Å²) in [5, 5.41) is 42.0. The summed E-state index contributed by atoms with van der Waals surface area (Å²) >= 11 is 0. The normalized spacial score (nSPS) is 6.00. The van der Waals surface area contributed by atoms with Crippen molar-refractivity contribution in [1.82, 2.24) is 15.0 Å². The van der Waals surface area contributed by atoms with Crippen LogP contribution < -0.4 is 0 Å². The third-order valence-electron chi connectivity index (χ3n) is 0.400. The highest BCUT2D eigenvalue weighted by atomic mass is 16.4. The first-order valence-corrected chi connectivity index (χ1v) is 3.10. The van der Waals surface area contributed by atoms with Crippen molar-refractivity contribution in [3.05, 3.63) is 19.0 Å². The smallest absolute Gasteiger partial charge is 0.429 e. The summed E-state index contributed by atoms with van der Waals surface area (Å²) in [6, 6.07) is 0. The van der Waals surface area contributed by atoms with Crippen LogP contribution in [0, 0.1) is 0 Å². The van der Waals surface area contributed by atoms with Crippen molar-refractivity contribution in [2.75, 3.05) is 0 Å². The van der Waals surface area contributed by atoms with E-state index in [9.17, 15) is 0 Å². The van der Waals surface area contributed by atoms with Crippen LogP contribution in [0.2, 0.25) is 0 Å². The van der Waals surface area contributed by atoms with E-state index >= 15 is 0 Å². The van der Waals surface area contributed by atoms with Gasteiger partial charge in [-0.1, -0.05) is 0 Å². The van der Waals surface area contributed by atoms with Crippen molar-refractivity contribution in [3.8, 4) is 0 Å². The molecule has 9 nitrogen and oxygen atoms in total. The van der Waals surface area contributed by atoms with Crippen LogP contribution in [0.3, 0.4) is 0 Å². The molecule has 0 atom stereocenters. The SMILES string of the molecule is O[B]O.O[B]O.O[B]O.c1ncncn1. The summed E-state index contributed by atoms with van der Waals surface area (Å²) < 4.78 is 0.